The molecule has 3 heteroatoms. The average molecular weight is 157 g/mol. The van der Waals surface area contributed by atoms with Gasteiger partial charge < -0.3 is 16.4 Å². The Morgan fingerprint density at radius 3 is 2.91 bits per heavy atom. The van der Waals surface area contributed by atoms with Gasteiger partial charge in [-0.25, -0.2) is 0 Å². The standard InChI is InChI=1S/C8H19N3/c1-11-4-2-3-7(6-11)8(10)5-9/h7-8H,2-6,9-10H2,1H3. The Bertz CT molecular complexity index is 116. The number of rotatable bonds is 2. The number of piperidine rings is 1. The van der Waals surface area contributed by atoms with Crippen LogP contribution in [0.1, 0.15) is 12.8 Å². The monoisotopic (exact) mass is 157 g/mol. The fourth-order valence-electron chi connectivity index (χ4n) is 1.75. The summed E-state index contributed by atoms with van der Waals surface area (Å²) in [5, 5.41) is 0. The second kappa shape index (κ2) is 4.04. The largest absolute Gasteiger partial charge is 0.329 e. The van der Waals surface area contributed by atoms with Crippen LogP contribution in [0.2, 0.25) is 0 Å². The predicted molar refractivity (Wildman–Crippen MR) is 47.3 cm³/mol. The lowest BCUT2D eigenvalue weighted by molar-refractivity contribution is 0.189. The second-order valence-corrected chi connectivity index (χ2v) is 3.56. The lowest BCUT2D eigenvalue weighted by atomic mass is 9.91. The van der Waals surface area contributed by atoms with Crippen LogP contribution in [0.15, 0.2) is 0 Å². The van der Waals surface area contributed by atoms with Gasteiger partial charge in [0.15, 0.2) is 0 Å². The Hall–Kier alpha value is -0.120. The smallest absolute Gasteiger partial charge is 0.0204 e. The minimum absolute atomic E-state index is 0.206. The molecule has 0 spiro atoms. The molecular weight excluding hydrogens is 138 g/mol. The van der Waals surface area contributed by atoms with Gasteiger partial charge in [-0.1, -0.05) is 0 Å². The maximum Gasteiger partial charge on any atom is 0.0204 e. The Labute approximate surface area is 68.7 Å². The Kier molecular flexibility index (Phi) is 3.30. The molecular formula is C8H19N3. The van der Waals surface area contributed by atoms with E-state index in [0.29, 0.717) is 12.5 Å². The molecule has 2 atom stereocenters. The highest BCUT2D eigenvalue weighted by atomic mass is 15.1. The summed E-state index contributed by atoms with van der Waals surface area (Å²) in [5.74, 6) is 0.624. The van der Waals surface area contributed by atoms with Crippen LogP contribution in [0, 0.1) is 5.92 Å². The highest BCUT2D eigenvalue weighted by Crippen LogP contribution is 2.16. The molecule has 0 radical (unpaired) electrons. The number of hydrogen-bond acceptors (Lipinski definition) is 3. The van der Waals surface area contributed by atoms with Gasteiger partial charge in [-0.2, -0.15) is 0 Å². The van der Waals surface area contributed by atoms with Crippen molar-refractivity contribution in [3.8, 4) is 0 Å². The molecule has 3 nitrogen and oxygen atoms in total. The number of likely N-dealkylation sites (tertiary alicyclic amines) is 1. The molecule has 1 fully saturated rings. The summed E-state index contributed by atoms with van der Waals surface area (Å²) in [7, 11) is 2.15. The second-order valence-electron chi connectivity index (χ2n) is 3.56. The van der Waals surface area contributed by atoms with Gasteiger partial charge in [0.05, 0.1) is 0 Å². The molecule has 1 saturated heterocycles. The molecule has 1 rings (SSSR count). The first-order valence-corrected chi connectivity index (χ1v) is 4.38. The van der Waals surface area contributed by atoms with Crippen molar-refractivity contribution < 1.29 is 0 Å². The van der Waals surface area contributed by atoms with Gasteiger partial charge in [-0.05, 0) is 32.4 Å². The van der Waals surface area contributed by atoms with Crippen LogP contribution in [-0.4, -0.2) is 37.6 Å². The van der Waals surface area contributed by atoms with E-state index in [1.165, 1.54) is 19.4 Å². The van der Waals surface area contributed by atoms with E-state index < -0.39 is 0 Å². The van der Waals surface area contributed by atoms with Crippen molar-refractivity contribution in [2.75, 3.05) is 26.7 Å². The fraction of sp³-hybridized carbons (Fsp3) is 1.00. The summed E-state index contributed by atoms with van der Waals surface area (Å²) in [6.07, 6.45) is 2.53. The van der Waals surface area contributed by atoms with Crippen molar-refractivity contribution in [2.24, 2.45) is 17.4 Å². The summed E-state index contributed by atoms with van der Waals surface area (Å²) in [6.45, 7) is 2.96. The first kappa shape index (κ1) is 8.97. The molecule has 1 aliphatic heterocycles. The van der Waals surface area contributed by atoms with Gasteiger partial charge in [-0.3, -0.25) is 0 Å². The molecule has 1 heterocycles. The van der Waals surface area contributed by atoms with Gasteiger partial charge in [0, 0.05) is 19.1 Å². The van der Waals surface area contributed by atoms with Crippen LogP contribution in [0.3, 0.4) is 0 Å². The highest BCUT2D eigenvalue weighted by molar-refractivity contribution is 4.79. The zero-order valence-electron chi connectivity index (χ0n) is 7.29. The van der Waals surface area contributed by atoms with Crippen LogP contribution in [0.25, 0.3) is 0 Å². The van der Waals surface area contributed by atoms with Gasteiger partial charge in [-0.15, -0.1) is 0 Å². The zero-order chi connectivity index (χ0) is 8.27. The summed E-state index contributed by atoms with van der Waals surface area (Å²) in [5.41, 5.74) is 11.4. The van der Waals surface area contributed by atoms with E-state index in [2.05, 4.69) is 11.9 Å². The quantitative estimate of drug-likeness (QED) is 0.574. The van der Waals surface area contributed by atoms with E-state index in [1.807, 2.05) is 0 Å². The average Bonchev–Trinajstić information content (AvgIpc) is 2.03. The molecule has 11 heavy (non-hydrogen) atoms. The van der Waals surface area contributed by atoms with Crippen molar-refractivity contribution >= 4 is 0 Å². The van der Waals surface area contributed by atoms with Crippen molar-refractivity contribution in [3.63, 3.8) is 0 Å². The third-order valence-corrected chi connectivity index (χ3v) is 2.54. The summed E-state index contributed by atoms with van der Waals surface area (Å²) in [6, 6.07) is 0.206. The molecule has 0 amide bonds. The normalized spacial score (nSPS) is 30.3. The molecule has 0 aliphatic carbocycles. The molecule has 1 aliphatic rings. The van der Waals surface area contributed by atoms with Crippen molar-refractivity contribution in [1.29, 1.82) is 0 Å². The van der Waals surface area contributed by atoms with E-state index in [9.17, 15) is 0 Å². The molecule has 0 bridgehead atoms. The van der Waals surface area contributed by atoms with Gasteiger partial charge in [0.2, 0.25) is 0 Å². The SMILES string of the molecule is CN1CCCC(C(N)CN)C1. The van der Waals surface area contributed by atoms with Crippen molar-refractivity contribution in [1.82, 2.24) is 4.90 Å². The first-order valence-electron chi connectivity index (χ1n) is 4.38. The zero-order valence-corrected chi connectivity index (χ0v) is 7.29. The van der Waals surface area contributed by atoms with Crippen molar-refractivity contribution in [2.45, 2.75) is 18.9 Å². The van der Waals surface area contributed by atoms with E-state index in [1.54, 1.807) is 0 Å². The Morgan fingerprint density at radius 2 is 2.36 bits per heavy atom. The topological polar surface area (TPSA) is 55.3 Å². The van der Waals surface area contributed by atoms with Crippen LogP contribution in [0.4, 0.5) is 0 Å². The third-order valence-electron chi connectivity index (χ3n) is 2.54. The lowest BCUT2D eigenvalue weighted by Gasteiger charge is -2.32. The van der Waals surface area contributed by atoms with Gasteiger partial charge in [0.1, 0.15) is 0 Å². The molecule has 2 unspecified atom stereocenters. The molecule has 66 valence electrons. The van der Waals surface area contributed by atoms with E-state index >= 15 is 0 Å². The maximum absolute atomic E-state index is 5.86. The minimum atomic E-state index is 0.206. The molecule has 0 aromatic heterocycles. The predicted octanol–water partition coefficient (Wildman–Crippen LogP) is -0.386. The first-order chi connectivity index (χ1) is 5.24. The number of hydrogen-bond donors (Lipinski definition) is 2. The minimum Gasteiger partial charge on any atom is -0.329 e. The summed E-state index contributed by atoms with van der Waals surface area (Å²) in [4.78, 5) is 2.34. The van der Waals surface area contributed by atoms with Crippen LogP contribution < -0.4 is 11.5 Å². The molecule has 0 saturated carbocycles. The maximum atomic E-state index is 5.86. The van der Waals surface area contributed by atoms with Crippen LogP contribution in [-0.2, 0) is 0 Å². The van der Waals surface area contributed by atoms with E-state index in [0.717, 1.165) is 6.54 Å². The van der Waals surface area contributed by atoms with E-state index in [-0.39, 0.29) is 6.04 Å². The Balaban J connectivity index is 2.33. The highest BCUT2D eigenvalue weighted by Gasteiger charge is 2.21. The molecule has 0 aromatic rings. The fourth-order valence-corrected chi connectivity index (χ4v) is 1.75. The molecule has 4 N–H and O–H groups in total. The lowest BCUT2D eigenvalue weighted by Crippen LogP contribution is -2.45. The van der Waals surface area contributed by atoms with Crippen LogP contribution >= 0.6 is 0 Å². The third kappa shape index (κ3) is 2.43. The summed E-state index contributed by atoms with van der Waals surface area (Å²) >= 11 is 0. The van der Waals surface area contributed by atoms with E-state index in [4.69, 9.17) is 11.5 Å². The Morgan fingerprint density at radius 1 is 1.64 bits per heavy atom. The summed E-state index contributed by atoms with van der Waals surface area (Å²) < 4.78 is 0. The number of nitrogens with zero attached hydrogens (tertiary/aromatic N) is 1. The number of nitrogens with two attached hydrogens (primary N) is 2. The van der Waals surface area contributed by atoms with Gasteiger partial charge in [0.25, 0.3) is 0 Å². The van der Waals surface area contributed by atoms with Crippen molar-refractivity contribution in [3.05, 3.63) is 0 Å². The molecule has 0 aromatic carbocycles. The van der Waals surface area contributed by atoms with Crippen LogP contribution in [0.5, 0.6) is 0 Å². The van der Waals surface area contributed by atoms with Gasteiger partial charge >= 0.3 is 0 Å².